The minimum absolute atomic E-state index is 0.190. The van der Waals surface area contributed by atoms with Gasteiger partial charge in [-0.1, -0.05) is 13.8 Å². The summed E-state index contributed by atoms with van der Waals surface area (Å²) in [6, 6.07) is 6.60. The molecule has 0 aliphatic rings. The third-order valence-electron chi connectivity index (χ3n) is 3.52. The van der Waals surface area contributed by atoms with Crippen LogP contribution in [0.15, 0.2) is 24.3 Å². The lowest BCUT2D eigenvalue weighted by molar-refractivity contribution is 0.134. The summed E-state index contributed by atoms with van der Waals surface area (Å²) in [5, 5.41) is 9.13. The molecule has 1 N–H and O–H groups in total. The number of hydrogen-bond acceptors (Lipinski definition) is 3. The molecular weight excluding hydrogens is 257 g/mol. The number of aliphatic hydroxyl groups excluding tert-OH is 1. The van der Waals surface area contributed by atoms with Crippen LogP contribution in [-0.4, -0.2) is 42.4 Å². The summed E-state index contributed by atoms with van der Waals surface area (Å²) in [5.41, 5.74) is 0. The van der Waals surface area contributed by atoms with Crippen molar-refractivity contribution in [1.82, 2.24) is 4.90 Å². The molecule has 4 heteroatoms. The van der Waals surface area contributed by atoms with E-state index in [0.29, 0.717) is 24.9 Å². The molecule has 0 atom stereocenters. The van der Waals surface area contributed by atoms with Crippen LogP contribution in [0.2, 0.25) is 0 Å². The second-order valence-corrected chi connectivity index (χ2v) is 4.89. The Labute approximate surface area is 121 Å². The van der Waals surface area contributed by atoms with Gasteiger partial charge in [0.05, 0.1) is 13.2 Å². The quantitative estimate of drug-likeness (QED) is 0.670. The van der Waals surface area contributed by atoms with E-state index in [2.05, 4.69) is 18.7 Å². The van der Waals surface area contributed by atoms with Crippen molar-refractivity contribution in [2.75, 3.05) is 26.3 Å². The van der Waals surface area contributed by atoms with Crippen molar-refractivity contribution in [3.05, 3.63) is 30.1 Å². The van der Waals surface area contributed by atoms with E-state index in [1.807, 2.05) is 0 Å². The van der Waals surface area contributed by atoms with E-state index < -0.39 is 0 Å². The van der Waals surface area contributed by atoms with Gasteiger partial charge in [-0.05, 0) is 43.5 Å². The summed E-state index contributed by atoms with van der Waals surface area (Å²) in [6.07, 6.45) is 3.08. The summed E-state index contributed by atoms with van der Waals surface area (Å²) >= 11 is 0. The molecule has 1 aromatic rings. The average Bonchev–Trinajstić information content (AvgIpc) is 2.46. The number of hydrogen-bond donors (Lipinski definition) is 1. The summed E-state index contributed by atoms with van der Waals surface area (Å²) in [4.78, 5) is 2.31. The molecule has 0 aliphatic carbocycles. The van der Waals surface area contributed by atoms with E-state index in [1.54, 1.807) is 12.1 Å². The molecule has 3 nitrogen and oxygen atoms in total. The molecule has 0 spiro atoms. The zero-order valence-electron chi connectivity index (χ0n) is 12.5. The average molecular weight is 283 g/mol. The molecule has 0 radical (unpaired) electrons. The zero-order valence-corrected chi connectivity index (χ0v) is 12.5. The second-order valence-electron chi connectivity index (χ2n) is 4.89. The Morgan fingerprint density at radius 3 is 2.35 bits per heavy atom. The zero-order chi connectivity index (χ0) is 14.8. The summed E-state index contributed by atoms with van der Waals surface area (Å²) in [6.45, 7) is 6.77. The van der Waals surface area contributed by atoms with Gasteiger partial charge in [0.1, 0.15) is 11.6 Å². The van der Waals surface area contributed by atoms with Crippen LogP contribution < -0.4 is 4.74 Å². The van der Waals surface area contributed by atoms with Gasteiger partial charge in [-0.15, -0.1) is 0 Å². The smallest absolute Gasteiger partial charge is 0.123 e. The SMILES string of the molecule is CCC(CC)N(CCO)CCCOc1ccc(F)cc1. The summed E-state index contributed by atoms with van der Waals surface area (Å²) in [5.74, 6) is 0.447. The Hall–Kier alpha value is -1.13. The molecule has 0 heterocycles. The number of ether oxygens (including phenoxy) is 1. The van der Waals surface area contributed by atoms with Gasteiger partial charge in [-0.3, -0.25) is 4.90 Å². The van der Waals surface area contributed by atoms with Gasteiger partial charge in [-0.25, -0.2) is 4.39 Å². The standard InChI is InChI=1S/C16H26FNO2/c1-3-15(4-2)18(11-12-19)10-5-13-20-16-8-6-14(17)7-9-16/h6-9,15,19H,3-5,10-13H2,1-2H3. The first-order valence-corrected chi connectivity index (χ1v) is 7.44. The predicted molar refractivity (Wildman–Crippen MR) is 79.5 cm³/mol. The number of halogens is 1. The fraction of sp³-hybridized carbons (Fsp3) is 0.625. The van der Waals surface area contributed by atoms with Crippen molar-refractivity contribution in [2.24, 2.45) is 0 Å². The first-order valence-electron chi connectivity index (χ1n) is 7.44. The summed E-state index contributed by atoms with van der Waals surface area (Å²) < 4.78 is 18.3. The lowest BCUT2D eigenvalue weighted by Crippen LogP contribution is -2.37. The van der Waals surface area contributed by atoms with Gasteiger partial charge in [-0.2, -0.15) is 0 Å². The van der Waals surface area contributed by atoms with E-state index in [0.717, 1.165) is 25.8 Å². The number of rotatable bonds is 10. The Kier molecular flexibility index (Phi) is 8.23. The maximum atomic E-state index is 12.7. The van der Waals surface area contributed by atoms with Crippen molar-refractivity contribution < 1.29 is 14.2 Å². The van der Waals surface area contributed by atoms with E-state index in [4.69, 9.17) is 9.84 Å². The number of nitrogens with zero attached hydrogens (tertiary/aromatic N) is 1. The Bertz CT molecular complexity index is 352. The van der Waals surface area contributed by atoms with Crippen LogP contribution in [0.5, 0.6) is 5.75 Å². The van der Waals surface area contributed by atoms with E-state index in [1.165, 1.54) is 12.1 Å². The fourth-order valence-electron chi connectivity index (χ4n) is 2.40. The van der Waals surface area contributed by atoms with Gasteiger partial charge >= 0.3 is 0 Å². The lowest BCUT2D eigenvalue weighted by Gasteiger charge is -2.29. The van der Waals surface area contributed by atoms with Crippen LogP contribution in [0.3, 0.4) is 0 Å². The van der Waals surface area contributed by atoms with Gasteiger partial charge in [0.25, 0.3) is 0 Å². The first kappa shape index (κ1) is 16.9. The van der Waals surface area contributed by atoms with Crippen LogP contribution in [0.25, 0.3) is 0 Å². The van der Waals surface area contributed by atoms with Crippen LogP contribution in [0.4, 0.5) is 4.39 Å². The minimum Gasteiger partial charge on any atom is -0.494 e. The predicted octanol–water partition coefficient (Wildman–Crippen LogP) is 3.08. The highest BCUT2D eigenvalue weighted by molar-refractivity contribution is 5.21. The Balaban J connectivity index is 2.31. The maximum Gasteiger partial charge on any atom is 0.123 e. The molecule has 0 saturated heterocycles. The van der Waals surface area contributed by atoms with E-state index >= 15 is 0 Å². The third-order valence-corrected chi connectivity index (χ3v) is 3.52. The second kappa shape index (κ2) is 9.72. The van der Waals surface area contributed by atoms with E-state index in [-0.39, 0.29) is 12.4 Å². The van der Waals surface area contributed by atoms with E-state index in [9.17, 15) is 4.39 Å². The topological polar surface area (TPSA) is 32.7 Å². The molecule has 114 valence electrons. The highest BCUT2D eigenvalue weighted by Gasteiger charge is 2.13. The third kappa shape index (κ3) is 5.88. The van der Waals surface area contributed by atoms with Crippen LogP contribution >= 0.6 is 0 Å². The Morgan fingerprint density at radius 2 is 1.80 bits per heavy atom. The molecule has 0 amide bonds. The molecule has 0 fully saturated rings. The van der Waals surface area contributed by atoms with Gasteiger partial charge < -0.3 is 9.84 Å². The van der Waals surface area contributed by atoms with Crippen LogP contribution in [0.1, 0.15) is 33.1 Å². The van der Waals surface area contributed by atoms with Crippen molar-refractivity contribution in [1.29, 1.82) is 0 Å². The molecule has 0 aliphatic heterocycles. The molecule has 0 saturated carbocycles. The number of benzene rings is 1. The first-order chi connectivity index (χ1) is 9.71. The lowest BCUT2D eigenvalue weighted by atomic mass is 10.1. The molecule has 20 heavy (non-hydrogen) atoms. The maximum absolute atomic E-state index is 12.7. The van der Waals surface area contributed by atoms with Gasteiger partial charge in [0.2, 0.25) is 0 Å². The van der Waals surface area contributed by atoms with Gasteiger partial charge in [0.15, 0.2) is 0 Å². The largest absolute Gasteiger partial charge is 0.494 e. The highest BCUT2D eigenvalue weighted by Crippen LogP contribution is 2.12. The molecule has 0 aromatic heterocycles. The van der Waals surface area contributed by atoms with Crippen molar-refractivity contribution in [2.45, 2.75) is 39.2 Å². The molecule has 1 aromatic carbocycles. The normalized spacial score (nSPS) is 11.3. The summed E-state index contributed by atoms with van der Waals surface area (Å²) in [7, 11) is 0. The minimum atomic E-state index is -0.250. The fourth-order valence-corrected chi connectivity index (χ4v) is 2.40. The number of aliphatic hydroxyl groups is 1. The monoisotopic (exact) mass is 283 g/mol. The molecule has 1 rings (SSSR count). The van der Waals surface area contributed by atoms with Crippen molar-refractivity contribution >= 4 is 0 Å². The van der Waals surface area contributed by atoms with Gasteiger partial charge in [0, 0.05) is 19.1 Å². The van der Waals surface area contributed by atoms with Crippen molar-refractivity contribution in [3.63, 3.8) is 0 Å². The Morgan fingerprint density at radius 1 is 1.15 bits per heavy atom. The molecular formula is C16H26FNO2. The van der Waals surface area contributed by atoms with Crippen LogP contribution in [-0.2, 0) is 0 Å². The highest BCUT2D eigenvalue weighted by atomic mass is 19.1. The van der Waals surface area contributed by atoms with Crippen molar-refractivity contribution in [3.8, 4) is 5.75 Å². The van der Waals surface area contributed by atoms with Crippen LogP contribution in [0, 0.1) is 5.82 Å². The molecule has 0 bridgehead atoms. The molecule has 0 unspecified atom stereocenters.